The number of unbranched alkanes of at least 4 members (excludes halogenated alkanes) is 1. The van der Waals surface area contributed by atoms with E-state index in [1.165, 1.54) is 45.3 Å². The van der Waals surface area contributed by atoms with E-state index >= 15 is 0 Å². The van der Waals surface area contributed by atoms with Crippen molar-refractivity contribution in [2.45, 2.75) is 58.9 Å². The zero-order chi connectivity index (χ0) is 14.1. The van der Waals surface area contributed by atoms with Crippen LogP contribution in [-0.2, 0) is 0 Å². The van der Waals surface area contributed by atoms with Crippen molar-refractivity contribution in [1.82, 2.24) is 10.2 Å². The predicted octanol–water partition coefficient (Wildman–Crippen LogP) is 2.50. The highest BCUT2D eigenvalue weighted by Crippen LogP contribution is 2.22. The molecule has 2 unspecified atom stereocenters. The highest BCUT2D eigenvalue weighted by atomic mass is 16.3. The molecule has 0 radical (unpaired) electrons. The second kappa shape index (κ2) is 9.73. The van der Waals surface area contributed by atoms with Crippen LogP contribution in [0.4, 0.5) is 0 Å². The van der Waals surface area contributed by atoms with Crippen LogP contribution >= 0.6 is 0 Å². The molecule has 0 aromatic carbocycles. The molecule has 19 heavy (non-hydrogen) atoms. The van der Waals surface area contributed by atoms with Gasteiger partial charge >= 0.3 is 0 Å². The lowest BCUT2D eigenvalue weighted by molar-refractivity contribution is 0.121. The van der Waals surface area contributed by atoms with Gasteiger partial charge in [-0.05, 0) is 37.6 Å². The molecule has 0 aliphatic carbocycles. The van der Waals surface area contributed by atoms with Crippen LogP contribution in [0.5, 0.6) is 0 Å². The maximum absolute atomic E-state index is 8.88. The summed E-state index contributed by atoms with van der Waals surface area (Å²) in [4.78, 5) is 2.64. The van der Waals surface area contributed by atoms with Crippen molar-refractivity contribution < 1.29 is 5.11 Å². The Balaban J connectivity index is 2.41. The molecule has 3 nitrogen and oxygen atoms in total. The van der Waals surface area contributed by atoms with E-state index in [0.29, 0.717) is 12.6 Å². The fourth-order valence-electron chi connectivity index (χ4n) is 3.20. The van der Waals surface area contributed by atoms with Crippen LogP contribution < -0.4 is 5.32 Å². The zero-order valence-electron chi connectivity index (χ0n) is 13.2. The molecule has 1 saturated heterocycles. The molecule has 0 spiro atoms. The van der Waals surface area contributed by atoms with E-state index in [9.17, 15) is 0 Å². The van der Waals surface area contributed by atoms with Crippen molar-refractivity contribution in [1.29, 1.82) is 0 Å². The quantitative estimate of drug-likeness (QED) is 0.632. The minimum Gasteiger partial charge on any atom is -0.396 e. The number of nitrogens with one attached hydrogen (secondary N) is 1. The van der Waals surface area contributed by atoms with Crippen molar-refractivity contribution in [3.8, 4) is 0 Å². The number of piperidine rings is 1. The van der Waals surface area contributed by atoms with Gasteiger partial charge in [0.15, 0.2) is 0 Å². The predicted molar refractivity (Wildman–Crippen MR) is 82.4 cm³/mol. The Labute approximate surface area is 119 Å². The van der Waals surface area contributed by atoms with Crippen molar-refractivity contribution in [3.05, 3.63) is 0 Å². The number of aliphatic hydroxyl groups is 1. The van der Waals surface area contributed by atoms with E-state index in [4.69, 9.17) is 5.11 Å². The first-order chi connectivity index (χ1) is 9.15. The Kier molecular flexibility index (Phi) is 8.67. The first kappa shape index (κ1) is 16.9. The van der Waals surface area contributed by atoms with Crippen LogP contribution in [0.2, 0.25) is 0 Å². The summed E-state index contributed by atoms with van der Waals surface area (Å²) in [5.41, 5.74) is 0. The lowest BCUT2D eigenvalue weighted by Crippen LogP contribution is -2.50. The molecule has 0 amide bonds. The van der Waals surface area contributed by atoms with Crippen LogP contribution in [0.15, 0.2) is 0 Å². The Morgan fingerprint density at radius 3 is 2.68 bits per heavy atom. The summed E-state index contributed by atoms with van der Waals surface area (Å²) in [6, 6.07) is 0.626. The number of hydrogen-bond donors (Lipinski definition) is 2. The van der Waals surface area contributed by atoms with Gasteiger partial charge in [0, 0.05) is 32.3 Å². The van der Waals surface area contributed by atoms with E-state index in [0.717, 1.165) is 24.8 Å². The normalized spacial score (nSPS) is 25.1. The van der Waals surface area contributed by atoms with Gasteiger partial charge in [-0.3, -0.25) is 0 Å². The van der Waals surface area contributed by atoms with Gasteiger partial charge in [0.2, 0.25) is 0 Å². The largest absolute Gasteiger partial charge is 0.396 e. The fraction of sp³-hybridized carbons (Fsp3) is 1.00. The molecule has 114 valence electrons. The number of rotatable bonds is 9. The zero-order valence-corrected chi connectivity index (χ0v) is 13.2. The van der Waals surface area contributed by atoms with Crippen LogP contribution in [0, 0.1) is 11.8 Å². The monoisotopic (exact) mass is 270 g/mol. The third-order valence-electron chi connectivity index (χ3n) is 3.97. The SMILES string of the molecule is CCCCC1CC(NCCCO)CN(CC(C)C)C1. The van der Waals surface area contributed by atoms with E-state index in [-0.39, 0.29) is 0 Å². The maximum atomic E-state index is 8.88. The molecule has 3 heteroatoms. The van der Waals surface area contributed by atoms with Crippen molar-refractivity contribution >= 4 is 0 Å². The molecular formula is C16H34N2O. The highest BCUT2D eigenvalue weighted by Gasteiger charge is 2.26. The Bertz CT molecular complexity index is 221. The molecule has 0 aromatic rings. The molecule has 0 aromatic heterocycles. The smallest absolute Gasteiger partial charge is 0.0443 e. The van der Waals surface area contributed by atoms with Gasteiger partial charge in [-0.2, -0.15) is 0 Å². The minimum absolute atomic E-state index is 0.300. The summed E-state index contributed by atoms with van der Waals surface area (Å²) in [6.45, 7) is 11.9. The summed E-state index contributed by atoms with van der Waals surface area (Å²) in [5, 5.41) is 12.5. The number of likely N-dealkylation sites (tertiary alicyclic amines) is 1. The van der Waals surface area contributed by atoms with E-state index in [2.05, 4.69) is 31.0 Å². The average molecular weight is 270 g/mol. The summed E-state index contributed by atoms with van der Waals surface area (Å²) in [7, 11) is 0. The molecular weight excluding hydrogens is 236 g/mol. The molecule has 0 saturated carbocycles. The Morgan fingerprint density at radius 1 is 1.26 bits per heavy atom. The number of hydrogen-bond acceptors (Lipinski definition) is 3. The van der Waals surface area contributed by atoms with E-state index in [1.54, 1.807) is 0 Å². The molecule has 1 fully saturated rings. The number of aliphatic hydroxyl groups excluding tert-OH is 1. The summed E-state index contributed by atoms with van der Waals surface area (Å²) >= 11 is 0. The van der Waals surface area contributed by atoms with Crippen molar-refractivity contribution in [3.63, 3.8) is 0 Å². The standard InChI is InChI=1S/C16H34N2O/c1-4-5-7-15-10-16(17-8-6-9-19)13-18(12-15)11-14(2)3/h14-17,19H,4-13H2,1-3H3. The summed E-state index contributed by atoms with van der Waals surface area (Å²) in [5.74, 6) is 1.61. The Hall–Kier alpha value is -0.120. The van der Waals surface area contributed by atoms with E-state index < -0.39 is 0 Å². The van der Waals surface area contributed by atoms with Crippen LogP contribution in [0.25, 0.3) is 0 Å². The molecule has 1 heterocycles. The van der Waals surface area contributed by atoms with Gasteiger partial charge in [0.05, 0.1) is 0 Å². The van der Waals surface area contributed by atoms with E-state index in [1.807, 2.05) is 0 Å². The van der Waals surface area contributed by atoms with Crippen LogP contribution in [-0.4, -0.2) is 48.8 Å². The van der Waals surface area contributed by atoms with Crippen molar-refractivity contribution in [2.75, 3.05) is 32.8 Å². The third-order valence-corrected chi connectivity index (χ3v) is 3.97. The summed E-state index contributed by atoms with van der Waals surface area (Å²) < 4.78 is 0. The lowest BCUT2D eigenvalue weighted by Gasteiger charge is -2.39. The summed E-state index contributed by atoms with van der Waals surface area (Å²) in [6.07, 6.45) is 6.25. The van der Waals surface area contributed by atoms with Gasteiger partial charge in [-0.25, -0.2) is 0 Å². The number of nitrogens with zero attached hydrogens (tertiary/aromatic N) is 1. The second-order valence-corrected chi connectivity index (χ2v) is 6.58. The second-order valence-electron chi connectivity index (χ2n) is 6.58. The van der Waals surface area contributed by atoms with Gasteiger partial charge in [0.1, 0.15) is 0 Å². The molecule has 0 bridgehead atoms. The lowest BCUT2D eigenvalue weighted by atomic mass is 9.89. The minimum atomic E-state index is 0.300. The maximum Gasteiger partial charge on any atom is 0.0443 e. The fourth-order valence-corrected chi connectivity index (χ4v) is 3.20. The molecule has 1 aliphatic rings. The van der Waals surface area contributed by atoms with Crippen LogP contribution in [0.1, 0.15) is 52.9 Å². The highest BCUT2D eigenvalue weighted by molar-refractivity contribution is 4.83. The first-order valence-electron chi connectivity index (χ1n) is 8.22. The molecule has 2 N–H and O–H groups in total. The average Bonchev–Trinajstić information content (AvgIpc) is 2.36. The topological polar surface area (TPSA) is 35.5 Å². The Morgan fingerprint density at radius 2 is 2.05 bits per heavy atom. The molecule has 1 rings (SSSR count). The first-order valence-corrected chi connectivity index (χ1v) is 8.22. The van der Waals surface area contributed by atoms with Crippen molar-refractivity contribution in [2.24, 2.45) is 11.8 Å². The van der Waals surface area contributed by atoms with Crippen LogP contribution in [0.3, 0.4) is 0 Å². The van der Waals surface area contributed by atoms with Gasteiger partial charge in [-0.15, -0.1) is 0 Å². The van der Waals surface area contributed by atoms with Gasteiger partial charge in [-0.1, -0.05) is 33.6 Å². The molecule has 1 aliphatic heterocycles. The van der Waals surface area contributed by atoms with Gasteiger partial charge in [0.25, 0.3) is 0 Å². The molecule has 2 atom stereocenters. The third kappa shape index (κ3) is 7.28. The van der Waals surface area contributed by atoms with Gasteiger partial charge < -0.3 is 15.3 Å².